The van der Waals surface area contributed by atoms with Crippen molar-refractivity contribution in [2.24, 2.45) is 0 Å². The summed E-state index contributed by atoms with van der Waals surface area (Å²) >= 11 is 0.708. The summed E-state index contributed by atoms with van der Waals surface area (Å²) in [5, 5.41) is 12.1. The minimum atomic E-state index is -5.02. The van der Waals surface area contributed by atoms with Gasteiger partial charge >= 0.3 is 12.2 Å². The largest absolute Gasteiger partial charge is 0.461 e. The molecule has 2 atom stereocenters. The van der Waals surface area contributed by atoms with Crippen LogP contribution in [0, 0.1) is 23.0 Å². The number of nitriles is 1. The van der Waals surface area contributed by atoms with E-state index in [2.05, 4.69) is 20.2 Å². The second-order valence-electron chi connectivity index (χ2n) is 10.8. The molecule has 0 spiro atoms. The van der Waals surface area contributed by atoms with E-state index in [1.165, 1.54) is 0 Å². The molecule has 4 heterocycles. The maximum atomic E-state index is 16.6. The number of aromatic nitrogens is 2. The number of hydrogen-bond donors (Lipinski definition) is 2. The van der Waals surface area contributed by atoms with Crippen LogP contribution in [0.5, 0.6) is 6.01 Å². The zero-order chi connectivity index (χ0) is 30.7. The maximum Gasteiger partial charge on any atom is 0.417 e. The molecular formula is C29H27F5N6O2S. The fraction of sp³-hybridized carbons (Fsp3) is 0.414. The van der Waals surface area contributed by atoms with Gasteiger partial charge < -0.3 is 20.5 Å². The third-order valence-corrected chi connectivity index (χ3v) is 9.36. The highest BCUT2D eigenvalue weighted by molar-refractivity contribution is 7.23. The number of benzene rings is 2. The molecule has 3 N–H and O–H groups in total. The van der Waals surface area contributed by atoms with Crippen molar-refractivity contribution in [1.82, 2.24) is 14.9 Å². The lowest BCUT2D eigenvalue weighted by Gasteiger charge is -2.31. The van der Waals surface area contributed by atoms with Gasteiger partial charge in [0.2, 0.25) is 0 Å². The fourth-order valence-corrected chi connectivity index (χ4v) is 7.34. The second kappa shape index (κ2) is 10.7. The van der Waals surface area contributed by atoms with E-state index in [1.54, 1.807) is 14.0 Å². The highest BCUT2D eigenvalue weighted by Gasteiger charge is 2.49. The summed E-state index contributed by atoms with van der Waals surface area (Å²) in [5.41, 5.74) is 2.43. The molecule has 43 heavy (non-hydrogen) atoms. The first-order chi connectivity index (χ1) is 20.5. The van der Waals surface area contributed by atoms with Crippen LogP contribution in [-0.4, -0.2) is 59.9 Å². The van der Waals surface area contributed by atoms with Crippen molar-refractivity contribution in [3.05, 3.63) is 41.0 Å². The summed E-state index contributed by atoms with van der Waals surface area (Å²) in [6.07, 6.45) is -2.42. The van der Waals surface area contributed by atoms with E-state index in [0.29, 0.717) is 11.3 Å². The number of halogens is 5. The standard InChI is InChI=1S/C29H27F5N6O2S/c1-3-37-26-16-9-18(29(32,33)34)21(15-5-6-19(30)24-20(15)17(11-35)25(36)43-24)22(31)23(16)38-27(39-26)42-13-28-7-4-8-40(28)12-14(10-28)41-2/h5-6,9,14H,3-4,7-8,10,12-13,36H2,1-2H3,(H,37,38,39). The molecule has 0 amide bonds. The molecule has 14 heteroatoms. The van der Waals surface area contributed by atoms with Crippen LogP contribution in [0.15, 0.2) is 18.2 Å². The van der Waals surface area contributed by atoms with Gasteiger partial charge in [0.25, 0.3) is 0 Å². The Morgan fingerprint density at radius 2 is 2.07 bits per heavy atom. The molecule has 2 aromatic carbocycles. The van der Waals surface area contributed by atoms with Crippen molar-refractivity contribution in [2.45, 2.75) is 44.0 Å². The van der Waals surface area contributed by atoms with E-state index < -0.39 is 34.5 Å². The number of nitrogens with zero attached hydrogens (tertiary/aromatic N) is 4. The number of fused-ring (bicyclic) bond motifs is 3. The van der Waals surface area contributed by atoms with Crippen LogP contribution >= 0.6 is 11.3 Å². The van der Waals surface area contributed by atoms with Crippen molar-refractivity contribution >= 4 is 43.1 Å². The predicted octanol–water partition coefficient (Wildman–Crippen LogP) is 6.33. The molecular weight excluding hydrogens is 591 g/mol. The lowest BCUT2D eigenvalue weighted by molar-refractivity contribution is -0.137. The lowest BCUT2D eigenvalue weighted by atomic mass is 9.92. The minimum absolute atomic E-state index is 0.0258. The zero-order valence-corrected chi connectivity index (χ0v) is 24.1. The van der Waals surface area contributed by atoms with Gasteiger partial charge in [0, 0.05) is 36.5 Å². The highest BCUT2D eigenvalue weighted by atomic mass is 32.1. The van der Waals surface area contributed by atoms with Gasteiger partial charge in [0.05, 0.1) is 27.5 Å². The van der Waals surface area contributed by atoms with Gasteiger partial charge in [-0.1, -0.05) is 6.07 Å². The molecule has 4 aromatic rings. The summed E-state index contributed by atoms with van der Waals surface area (Å²) in [4.78, 5) is 10.9. The van der Waals surface area contributed by atoms with Crippen LogP contribution < -0.4 is 15.8 Å². The molecule has 2 aliphatic heterocycles. The monoisotopic (exact) mass is 618 g/mol. The van der Waals surface area contributed by atoms with Gasteiger partial charge in [-0.15, -0.1) is 11.3 Å². The Balaban J connectivity index is 1.55. The van der Waals surface area contributed by atoms with Crippen molar-refractivity contribution < 1.29 is 31.4 Å². The summed E-state index contributed by atoms with van der Waals surface area (Å²) in [7, 11) is 1.66. The first kappa shape index (κ1) is 29.3. The normalized spacial score (nSPS) is 20.6. The zero-order valence-electron chi connectivity index (χ0n) is 23.2. The maximum absolute atomic E-state index is 16.6. The number of nitrogens with one attached hydrogen (secondary N) is 1. The van der Waals surface area contributed by atoms with Crippen molar-refractivity contribution in [3.8, 4) is 23.2 Å². The average Bonchev–Trinajstić information content (AvgIpc) is 3.62. The molecule has 0 aliphatic carbocycles. The average molecular weight is 619 g/mol. The molecule has 6 rings (SSSR count). The first-order valence-corrected chi connectivity index (χ1v) is 14.5. The molecule has 0 bridgehead atoms. The number of nitrogens with two attached hydrogens (primary N) is 1. The Bertz CT molecular complexity index is 1790. The molecule has 2 aromatic heterocycles. The number of methoxy groups -OCH3 is 1. The SMILES string of the molecule is CCNc1nc(OCC23CCCN2CC(OC)C3)nc2c(F)c(-c3ccc(F)c4sc(N)c(C#N)c34)c(C(F)(F)F)cc12. The Kier molecular flexibility index (Phi) is 7.30. The number of nitrogen functional groups attached to an aromatic ring is 1. The fourth-order valence-electron chi connectivity index (χ4n) is 6.39. The summed E-state index contributed by atoms with van der Waals surface area (Å²) in [5.74, 6) is -2.12. The summed E-state index contributed by atoms with van der Waals surface area (Å²) in [6.45, 7) is 3.83. The Morgan fingerprint density at radius 3 is 2.77 bits per heavy atom. The van der Waals surface area contributed by atoms with Crippen LogP contribution in [0.3, 0.4) is 0 Å². The van der Waals surface area contributed by atoms with Crippen molar-refractivity contribution in [3.63, 3.8) is 0 Å². The van der Waals surface area contributed by atoms with Gasteiger partial charge in [-0.3, -0.25) is 4.90 Å². The van der Waals surface area contributed by atoms with Gasteiger partial charge in [-0.2, -0.15) is 28.4 Å². The van der Waals surface area contributed by atoms with Crippen molar-refractivity contribution in [2.75, 3.05) is 44.4 Å². The number of alkyl halides is 3. The quantitative estimate of drug-likeness (QED) is 0.232. The third-order valence-electron chi connectivity index (χ3n) is 8.34. The Morgan fingerprint density at radius 1 is 1.28 bits per heavy atom. The number of ether oxygens (including phenoxy) is 2. The molecule has 0 radical (unpaired) electrons. The van der Waals surface area contributed by atoms with Crippen LogP contribution in [0.25, 0.3) is 32.1 Å². The van der Waals surface area contributed by atoms with Gasteiger partial charge in [-0.25, -0.2) is 8.78 Å². The van der Waals surface area contributed by atoms with E-state index in [-0.39, 0.29) is 68.2 Å². The van der Waals surface area contributed by atoms with Crippen LogP contribution in [0.4, 0.5) is 32.8 Å². The Labute approximate surface area is 247 Å². The molecule has 8 nitrogen and oxygen atoms in total. The number of thiophene rings is 1. The minimum Gasteiger partial charge on any atom is -0.461 e. The number of anilines is 2. The van der Waals surface area contributed by atoms with E-state index in [9.17, 15) is 22.8 Å². The van der Waals surface area contributed by atoms with E-state index in [1.807, 2.05) is 6.07 Å². The summed E-state index contributed by atoms with van der Waals surface area (Å²) in [6, 6.07) is 4.34. The molecule has 2 aliphatic rings. The molecule has 2 fully saturated rings. The molecule has 2 saturated heterocycles. The van der Waals surface area contributed by atoms with Gasteiger partial charge in [-0.05, 0) is 50.4 Å². The number of rotatable bonds is 7. The lowest BCUT2D eigenvalue weighted by Crippen LogP contribution is -2.43. The molecule has 0 saturated carbocycles. The van der Waals surface area contributed by atoms with Crippen LogP contribution in [0.2, 0.25) is 0 Å². The molecule has 226 valence electrons. The highest BCUT2D eigenvalue weighted by Crippen LogP contribution is 2.48. The smallest absolute Gasteiger partial charge is 0.417 e. The Hall–Kier alpha value is -3.80. The third kappa shape index (κ3) is 4.79. The van der Waals surface area contributed by atoms with Crippen molar-refractivity contribution in [1.29, 1.82) is 5.26 Å². The van der Waals surface area contributed by atoms with Crippen LogP contribution in [-0.2, 0) is 10.9 Å². The summed E-state index contributed by atoms with van der Waals surface area (Å²) < 4.78 is 86.4. The van der Waals surface area contributed by atoms with E-state index in [4.69, 9.17) is 15.2 Å². The molecule has 2 unspecified atom stereocenters. The topological polar surface area (TPSA) is 109 Å². The number of hydrogen-bond acceptors (Lipinski definition) is 9. The predicted molar refractivity (Wildman–Crippen MR) is 153 cm³/mol. The van der Waals surface area contributed by atoms with E-state index >= 15 is 4.39 Å². The second-order valence-corrected chi connectivity index (χ2v) is 11.8. The van der Waals surface area contributed by atoms with Gasteiger partial charge in [0.15, 0.2) is 5.82 Å². The first-order valence-electron chi connectivity index (χ1n) is 13.7. The van der Waals surface area contributed by atoms with E-state index in [0.717, 1.165) is 50.6 Å². The van der Waals surface area contributed by atoms with Gasteiger partial charge in [0.1, 0.15) is 34.8 Å². The van der Waals surface area contributed by atoms with Crippen LogP contribution in [0.1, 0.15) is 37.3 Å².